The van der Waals surface area contributed by atoms with Crippen LogP contribution in [0.25, 0.3) is 36.1 Å². The van der Waals surface area contributed by atoms with Crippen LogP contribution < -0.4 is 43.6 Å². The highest BCUT2D eigenvalue weighted by Crippen LogP contribution is 2.42. The molecule has 28 nitrogen and oxygen atoms in total. The second-order valence-corrected chi connectivity index (χ2v) is 36.3. The maximum atomic E-state index is 13.0. The lowest BCUT2D eigenvalue weighted by Crippen LogP contribution is -2.56. The highest BCUT2D eigenvalue weighted by atomic mass is 35.5. The third kappa shape index (κ3) is 23.1. The number of carbonyl (C=O) groups excluding carboxylic acids is 3. The van der Waals surface area contributed by atoms with E-state index in [1.165, 1.54) is 49.4 Å². The molecule has 0 bridgehead atoms. The van der Waals surface area contributed by atoms with E-state index in [1.807, 2.05) is 45.0 Å². The summed E-state index contributed by atoms with van der Waals surface area (Å²) in [6.45, 7) is 41.4. The van der Waals surface area contributed by atoms with E-state index in [0.717, 1.165) is 133 Å². The molecular weight excluding hydrogens is 1740 g/mol. The number of carbonyl (C=O) groups is 3. The van der Waals surface area contributed by atoms with Crippen molar-refractivity contribution in [3.8, 4) is 18.0 Å². The molecule has 6 saturated heterocycles. The second kappa shape index (κ2) is 43.5. The van der Waals surface area contributed by atoms with Crippen LogP contribution in [-0.2, 0) is 58.0 Å². The normalized spacial score (nSPS) is 20.8. The number of hydrogen-bond donors (Lipinski definition) is 0. The van der Waals surface area contributed by atoms with Gasteiger partial charge in [-0.15, -0.1) is 0 Å². The quantitative estimate of drug-likeness (QED) is 0.0330. The standard InChI is InChI=1S/C34H38F3N7O2.C33H35ClF3N7O2.C32H43N7O3/c1-23-7-4-8-24-9-5-11-29(31(23)24)42-16-13-27-28(21-42)39-33(46-22-25-10-6-15-41(25)3)40-32(27)43-17-18-44(26(20-43)19-38-2)30(45)12-14-34(35,36)37;1-38-18-24-19-43(16-17-44(24)29(45)11-13-33(35,36)37)31-25-12-15-42(28-10-4-7-22-6-3-9-26(34)30(22)28)20-27(25)39-32(40-31)46-21-23-8-5-14-41(23)2;1-23-9-6-11-29(24(23)2)37-15-13-27-28(21-37)34-32(42-22-25-10-7-14-36(25)4)35-31(27)38-16-17-39(26(20-38)19-33-3)30(40)12-8-18-41-5/h4-5,7-9,11-12,14,25-26H,6,10,13,15-22H2,1,3H3;3-4,6-7,9-11,13,23-24H,5,8,12,14-21H2,2H3;6,8-9,11-12,25-26H,7,10,13-22H2,1-2,4-5H3/b14-12+;13-11+;12-8+/t25-,26-;23-,24-;25-,26-/m000/s1. The SMILES string of the molecule is [C-]#[N+]C[C@H]1CN(c2nc(OC[C@@H]3CCCN3C)nc3c2CCN(c2cccc(C)c2C)C3)CCN1C(=O)/C=C/COC.[C-]#[N+]C[C@H]1CN(c2nc(OC[C@@H]3CCCN3C)nc3c2CCN(c2cccc4cccc(C)c24)C3)CCN1C(=O)/C=C/C(F)(F)F.[C-]#[N+]C[C@H]1CN(c2nc(OC[C@@H]3CCCN3C)nc3c2CCN(c2cccc4cccc(Cl)c24)C3)CCN1C(=O)/C=C/C(F)(F)F. The van der Waals surface area contributed by atoms with Crippen LogP contribution in [0.15, 0.2) is 127 Å². The maximum Gasteiger partial charge on any atom is 0.409 e. The van der Waals surface area contributed by atoms with Gasteiger partial charge >= 0.3 is 30.4 Å². The van der Waals surface area contributed by atoms with E-state index in [1.54, 1.807) is 19.3 Å². The Morgan fingerprint density at radius 1 is 0.433 bits per heavy atom. The van der Waals surface area contributed by atoms with Gasteiger partial charge in [0.05, 0.1) is 48.3 Å². The van der Waals surface area contributed by atoms with E-state index in [4.69, 9.17) is 80.2 Å². The van der Waals surface area contributed by atoms with Crippen molar-refractivity contribution < 1.29 is 59.7 Å². The summed E-state index contributed by atoms with van der Waals surface area (Å²) in [6, 6.07) is 31.6. The number of aromatic nitrogens is 6. The summed E-state index contributed by atoms with van der Waals surface area (Å²) in [5, 5.41) is 5.10. The molecular formula is C99H116ClF6N21O7. The van der Waals surface area contributed by atoms with Gasteiger partial charge in [-0.1, -0.05) is 84.4 Å². The zero-order chi connectivity index (χ0) is 94.5. The van der Waals surface area contributed by atoms with Crippen molar-refractivity contribution in [1.29, 1.82) is 0 Å². The molecule has 3 aromatic heterocycles. The fourth-order valence-corrected chi connectivity index (χ4v) is 20.2. The summed E-state index contributed by atoms with van der Waals surface area (Å²) in [5.74, 6) is 0.682. The van der Waals surface area contributed by atoms with Crippen molar-refractivity contribution in [1.82, 2.24) is 59.3 Å². The largest absolute Gasteiger partial charge is 0.462 e. The van der Waals surface area contributed by atoms with Crippen LogP contribution in [0.5, 0.6) is 18.0 Å². The van der Waals surface area contributed by atoms with Crippen LogP contribution in [0, 0.1) is 40.5 Å². The molecule has 708 valence electrons. The van der Waals surface area contributed by atoms with E-state index in [9.17, 15) is 40.7 Å². The van der Waals surface area contributed by atoms with Crippen LogP contribution in [0.1, 0.15) is 89.0 Å². The summed E-state index contributed by atoms with van der Waals surface area (Å²) < 4.78 is 100. The molecule has 17 rings (SSSR count). The fraction of sp³-hybridized carbons (Fsp3) is 0.495. The number of rotatable bonds is 23. The number of halogens is 7. The monoisotopic (exact) mass is 1860 g/mol. The van der Waals surface area contributed by atoms with Crippen molar-refractivity contribution in [2.75, 3.05) is 202 Å². The van der Waals surface area contributed by atoms with Gasteiger partial charge in [-0.3, -0.25) is 14.4 Å². The van der Waals surface area contributed by atoms with Crippen molar-refractivity contribution in [2.45, 2.75) is 147 Å². The maximum absolute atomic E-state index is 13.0. The summed E-state index contributed by atoms with van der Waals surface area (Å²) in [6.07, 6.45) is 3.78. The van der Waals surface area contributed by atoms with Gasteiger partial charge in [0, 0.05) is 179 Å². The fourth-order valence-electron chi connectivity index (χ4n) is 19.9. The first-order valence-corrected chi connectivity index (χ1v) is 46.5. The summed E-state index contributed by atoms with van der Waals surface area (Å²) >= 11 is 6.67. The number of nitrogens with zero attached hydrogens (tertiary/aromatic N) is 21. The molecule has 0 spiro atoms. The molecule has 35 heteroatoms. The molecule has 9 aliphatic heterocycles. The molecule has 0 radical (unpaired) electrons. The number of hydrogen-bond acceptors (Lipinski definition) is 22. The number of allylic oxidation sites excluding steroid dienone is 2. The lowest BCUT2D eigenvalue weighted by Gasteiger charge is -2.41. The van der Waals surface area contributed by atoms with E-state index < -0.39 is 36.3 Å². The minimum atomic E-state index is -4.60. The minimum Gasteiger partial charge on any atom is -0.462 e. The molecule has 12 heterocycles. The van der Waals surface area contributed by atoms with Crippen LogP contribution in [0.4, 0.5) is 60.9 Å². The molecule has 0 aliphatic carbocycles. The van der Waals surface area contributed by atoms with Crippen molar-refractivity contribution in [2.24, 2.45) is 0 Å². The molecule has 8 aromatic rings. The summed E-state index contributed by atoms with van der Waals surface area (Å²) in [4.78, 5) is 103. The Hall–Kier alpha value is -12.1. The van der Waals surface area contributed by atoms with Gasteiger partial charge in [0.25, 0.3) is 0 Å². The van der Waals surface area contributed by atoms with Gasteiger partial charge < -0.3 is 92.3 Å². The molecule has 5 aromatic carbocycles. The van der Waals surface area contributed by atoms with Gasteiger partial charge in [-0.05, 0) is 171 Å². The number of methoxy groups -OCH3 is 1. The van der Waals surface area contributed by atoms with Crippen LogP contribution in [0.3, 0.4) is 0 Å². The van der Waals surface area contributed by atoms with Crippen LogP contribution in [0.2, 0.25) is 5.02 Å². The van der Waals surface area contributed by atoms with Crippen molar-refractivity contribution in [3.05, 3.63) is 217 Å². The molecule has 0 saturated carbocycles. The number of benzene rings is 5. The van der Waals surface area contributed by atoms with Gasteiger partial charge in [-0.2, -0.15) is 56.2 Å². The Kier molecular flexibility index (Phi) is 31.3. The number of amides is 3. The topological polar surface area (TPSA) is 217 Å². The predicted molar refractivity (Wildman–Crippen MR) is 506 cm³/mol. The highest BCUT2D eigenvalue weighted by Gasteiger charge is 2.42. The number of ether oxygens (including phenoxy) is 4. The highest BCUT2D eigenvalue weighted by molar-refractivity contribution is 6.36. The lowest BCUT2D eigenvalue weighted by molar-refractivity contribution is -0.129. The molecule has 3 amide bonds. The number of fused-ring (bicyclic) bond motifs is 5. The Morgan fingerprint density at radius 3 is 1.16 bits per heavy atom. The summed E-state index contributed by atoms with van der Waals surface area (Å²) in [7, 11) is 7.91. The third-order valence-corrected chi connectivity index (χ3v) is 27.6. The third-order valence-electron chi connectivity index (χ3n) is 27.3. The molecule has 9 aliphatic rings. The van der Waals surface area contributed by atoms with Crippen LogP contribution >= 0.6 is 11.6 Å². The van der Waals surface area contributed by atoms with Crippen molar-refractivity contribution in [3.63, 3.8) is 0 Å². The summed E-state index contributed by atoms with van der Waals surface area (Å²) in [5.41, 5.74) is 13.0. The van der Waals surface area contributed by atoms with Gasteiger partial charge in [-0.25, -0.2) is 19.7 Å². The van der Waals surface area contributed by atoms with Crippen LogP contribution in [-0.4, -0.2) is 298 Å². The molecule has 6 atom stereocenters. The molecule has 0 unspecified atom stereocenters. The Balaban J connectivity index is 0.000000153. The number of likely N-dealkylation sites (tertiary alicyclic amines) is 3. The number of aryl methyl sites for hydroxylation is 2. The lowest BCUT2D eigenvalue weighted by atomic mass is 9.99. The average molecular weight is 1860 g/mol. The smallest absolute Gasteiger partial charge is 0.409 e. The number of piperazine rings is 3. The van der Waals surface area contributed by atoms with Gasteiger partial charge in [0.1, 0.15) is 55.4 Å². The number of alkyl halides is 6. The first-order chi connectivity index (χ1) is 64.6. The molecule has 6 fully saturated rings. The predicted octanol–water partition coefficient (Wildman–Crippen LogP) is 13.7. The molecule has 134 heavy (non-hydrogen) atoms. The minimum absolute atomic E-state index is 0.0268. The Labute approximate surface area is 784 Å². The Bertz CT molecular complexity index is 5530. The first kappa shape index (κ1) is 96.4. The zero-order valence-corrected chi connectivity index (χ0v) is 77.8. The Morgan fingerprint density at radius 2 is 0.784 bits per heavy atom. The van der Waals surface area contributed by atoms with Crippen molar-refractivity contribution >= 4 is 85.4 Å². The van der Waals surface area contributed by atoms with E-state index in [2.05, 4.69) is 151 Å². The van der Waals surface area contributed by atoms with Gasteiger partial charge in [0.15, 0.2) is 0 Å². The zero-order valence-electron chi connectivity index (χ0n) is 77.0. The van der Waals surface area contributed by atoms with E-state index >= 15 is 0 Å². The first-order valence-electron chi connectivity index (χ1n) is 46.1. The van der Waals surface area contributed by atoms with E-state index in [-0.39, 0.29) is 88.0 Å². The average Bonchev–Trinajstić information content (AvgIpc) is 0.884. The van der Waals surface area contributed by atoms with E-state index in [0.29, 0.717) is 145 Å². The number of likely N-dealkylation sites (N-methyl/N-ethyl adjacent to an activating group) is 3. The number of anilines is 6. The second-order valence-electron chi connectivity index (χ2n) is 35.9. The van der Waals surface area contributed by atoms with Gasteiger partial charge in [0.2, 0.25) is 37.4 Å². The molecule has 0 N–H and O–H groups in total.